The van der Waals surface area contributed by atoms with Gasteiger partial charge in [-0.25, -0.2) is 4.98 Å². The van der Waals surface area contributed by atoms with Crippen molar-refractivity contribution in [2.45, 2.75) is 31.1 Å². The van der Waals surface area contributed by atoms with Gasteiger partial charge in [-0.15, -0.1) is 0 Å². The molecule has 0 saturated carbocycles. The predicted octanol–water partition coefficient (Wildman–Crippen LogP) is 1.92. The highest BCUT2D eigenvalue weighted by Gasteiger charge is 2.44. The molecular formula is C12H17F3N4O. The van der Waals surface area contributed by atoms with E-state index >= 15 is 0 Å². The van der Waals surface area contributed by atoms with Crippen molar-refractivity contribution < 1.29 is 17.9 Å². The Morgan fingerprint density at radius 2 is 2.15 bits per heavy atom. The van der Waals surface area contributed by atoms with Gasteiger partial charge in [-0.1, -0.05) is 0 Å². The normalized spacial score (nSPS) is 24.4. The molecule has 0 unspecified atom stereocenters. The second-order valence-electron chi connectivity index (χ2n) is 4.84. The highest BCUT2D eigenvalue weighted by atomic mass is 19.4. The first-order chi connectivity index (χ1) is 9.40. The lowest BCUT2D eigenvalue weighted by atomic mass is 9.98. The number of likely N-dealkylation sites (N-methyl/N-ethyl adjacent to an activating group) is 1. The van der Waals surface area contributed by atoms with Crippen LogP contribution in [0, 0.1) is 0 Å². The summed E-state index contributed by atoms with van der Waals surface area (Å²) in [7, 11) is 2.98. The monoisotopic (exact) mass is 290 g/mol. The number of nitrogens with one attached hydrogen (secondary N) is 1. The van der Waals surface area contributed by atoms with Gasteiger partial charge in [0.15, 0.2) is 0 Å². The Bertz CT molecular complexity index is 455. The number of anilines is 1. The third-order valence-corrected chi connectivity index (χ3v) is 3.38. The average molecular weight is 290 g/mol. The zero-order chi connectivity index (χ0) is 14.8. The summed E-state index contributed by atoms with van der Waals surface area (Å²) >= 11 is 0. The van der Waals surface area contributed by atoms with Gasteiger partial charge in [-0.05, 0) is 19.9 Å². The van der Waals surface area contributed by atoms with E-state index in [9.17, 15) is 13.2 Å². The fraction of sp³-hybridized carbons (Fsp3) is 0.667. The zero-order valence-electron chi connectivity index (χ0n) is 11.3. The van der Waals surface area contributed by atoms with Gasteiger partial charge < -0.3 is 10.1 Å². The van der Waals surface area contributed by atoms with E-state index in [1.165, 1.54) is 19.1 Å². The Kier molecular flexibility index (Phi) is 4.32. The van der Waals surface area contributed by atoms with Gasteiger partial charge in [0.05, 0.1) is 7.11 Å². The van der Waals surface area contributed by atoms with Crippen molar-refractivity contribution in [1.29, 1.82) is 0 Å². The smallest absolute Gasteiger partial charge is 0.404 e. The molecule has 0 aliphatic carbocycles. The van der Waals surface area contributed by atoms with E-state index in [1.54, 1.807) is 12.3 Å². The number of hydrogen-bond acceptors (Lipinski definition) is 5. The number of ether oxygens (including phenoxy) is 1. The first-order valence-corrected chi connectivity index (χ1v) is 6.30. The van der Waals surface area contributed by atoms with Gasteiger partial charge in [-0.3, -0.25) is 4.90 Å². The van der Waals surface area contributed by atoms with Crippen molar-refractivity contribution in [3.05, 3.63) is 12.3 Å². The number of rotatable bonds is 3. The van der Waals surface area contributed by atoms with Crippen LogP contribution in [0.25, 0.3) is 0 Å². The van der Waals surface area contributed by atoms with Gasteiger partial charge in [-0.2, -0.15) is 18.2 Å². The van der Waals surface area contributed by atoms with Crippen LogP contribution in [0.15, 0.2) is 12.3 Å². The molecule has 1 aliphatic rings. The standard InChI is InChI=1S/C12H17F3N4O/c1-19-7-8(3-4-9(19)12(13,14)15)17-11-16-6-5-10(18-11)20-2/h5-6,8-9H,3-4,7H2,1-2H3,(H,16,17,18)/t8-,9-/m0/s1. The van der Waals surface area contributed by atoms with Crippen molar-refractivity contribution in [2.75, 3.05) is 26.0 Å². The second-order valence-corrected chi connectivity index (χ2v) is 4.84. The predicted molar refractivity (Wildman–Crippen MR) is 67.7 cm³/mol. The minimum absolute atomic E-state index is 0.0711. The Morgan fingerprint density at radius 3 is 2.75 bits per heavy atom. The highest BCUT2D eigenvalue weighted by molar-refractivity contribution is 5.29. The van der Waals surface area contributed by atoms with E-state index < -0.39 is 12.2 Å². The van der Waals surface area contributed by atoms with Gasteiger partial charge in [0, 0.05) is 24.8 Å². The van der Waals surface area contributed by atoms with Gasteiger partial charge in [0.25, 0.3) is 0 Å². The Morgan fingerprint density at radius 1 is 1.40 bits per heavy atom. The molecule has 0 spiro atoms. The number of alkyl halides is 3. The first kappa shape index (κ1) is 14.8. The molecule has 2 heterocycles. The summed E-state index contributed by atoms with van der Waals surface area (Å²) in [6.45, 7) is 0.296. The maximum absolute atomic E-state index is 12.7. The van der Waals surface area contributed by atoms with Crippen LogP contribution in [-0.4, -0.2) is 53.8 Å². The van der Waals surface area contributed by atoms with Crippen LogP contribution in [0.5, 0.6) is 5.88 Å². The minimum Gasteiger partial charge on any atom is -0.481 e. The third-order valence-electron chi connectivity index (χ3n) is 3.38. The molecule has 5 nitrogen and oxygen atoms in total. The molecule has 0 radical (unpaired) electrons. The van der Waals surface area contributed by atoms with Crippen molar-refractivity contribution in [3.8, 4) is 5.88 Å². The Balaban J connectivity index is 1.96. The fourth-order valence-electron chi connectivity index (χ4n) is 2.38. The zero-order valence-corrected chi connectivity index (χ0v) is 11.3. The van der Waals surface area contributed by atoms with Crippen LogP contribution >= 0.6 is 0 Å². The number of nitrogens with zero attached hydrogens (tertiary/aromatic N) is 3. The molecule has 8 heteroatoms. The van der Waals surface area contributed by atoms with Crippen LogP contribution in [0.2, 0.25) is 0 Å². The molecule has 1 aromatic heterocycles. The molecule has 0 amide bonds. The van der Waals surface area contributed by atoms with E-state index in [0.29, 0.717) is 24.8 Å². The number of piperidine rings is 1. The molecule has 1 N–H and O–H groups in total. The summed E-state index contributed by atoms with van der Waals surface area (Å²) in [5.74, 6) is 0.785. The summed E-state index contributed by atoms with van der Waals surface area (Å²) in [6.07, 6.45) is -2.14. The van der Waals surface area contributed by atoms with Crippen LogP contribution in [0.3, 0.4) is 0 Å². The minimum atomic E-state index is -4.17. The molecule has 2 rings (SSSR count). The summed E-state index contributed by atoms with van der Waals surface area (Å²) in [5.41, 5.74) is 0. The van der Waals surface area contributed by atoms with E-state index in [4.69, 9.17) is 4.74 Å². The maximum Gasteiger partial charge on any atom is 0.404 e. The van der Waals surface area contributed by atoms with Crippen LogP contribution in [0.1, 0.15) is 12.8 Å². The van der Waals surface area contributed by atoms with Gasteiger partial charge >= 0.3 is 6.18 Å². The van der Waals surface area contributed by atoms with Gasteiger partial charge in [0.1, 0.15) is 6.04 Å². The molecule has 0 aromatic carbocycles. The molecule has 0 bridgehead atoms. The molecule has 1 fully saturated rings. The largest absolute Gasteiger partial charge is 0.481 e. The summed E-state index contributed by atoms with van der Waals surface area (Å²) in [6, 6.07) is 0.134. The molecular weight excluding hydrogens is 273 g/mol. The SMILES string of the molecule is COc1ccnc(N[C@H]2CC[C@@H](C(F)(F)F)N(C)C2)n1. The number of likely N-dealkylation sites (tertiary alicyclic amines) is 1. The summed E-state index contributed by atoms with van der Waals surface area (Å²) < 4.78 is 43.2. The number of methoxy groups -OCH3 is 1. The third kappa shape index (κ3) is 3.50. The van der Waals surface area contributed by atoms with Crippen LogP contribution in [-0.2, 0) is 0 Å². The van der Waals surface area contributed by atoms with Crippen LogP contribution < -0.4 is 10.1 Å². The molecule has 2 atom stereocenters. The first-order valence-electron chi connectivity index (χ1n) is 6.30. The van der Waals surface area contributed by atoms with Crippen molar-refractivity contribution in [3.63, 3.8) is 0 Å². The fourth-order valence-corrected chi connectivity index (χ4v) is 2.38. The van der Waals surface area contributed by atoms with Crippen LogP contribution in [0.4, 0.5) is 19.1 Å². The molecule has 20 heavy (non-hydrogen) atoms. The lowest BCUT2D eigenvalue weighted by Gasteiger charge is -2.38. The molecule has 1 aromatic rings. The maximum atomic E-state index is 12.7. The van der Waals surface area contributed by atoms with E-state index in [1.807, 2.05) is 0 Å². The lowest BCUT2D eigenvalue weighted by molar-refractivity contribution is -0.187. The number of hydrogen-bond donors (Lipinski definition) is 1. The molecule has 1 saturated heterocycles. The number of aromatic nitrogens is 2. The second kappa shape index (κ2) is 5.82. The summed E-state index contributed by atoms with van der Waals surface area (Å²) in [4.78, 5) is 9.45. The molecule has 1 aliphatic heterocycles. The van der Waals surface area contributed by atoms with Gasteiger partial charge in [0.2, 0.25) is 11.8 Å². The lowest BCUT2D eigenvalue weighted by Crippen LogP contribution is -2.52. The van der Waals surface area contributed by atoms with E-state index in [0.717, 1.165) is 0 Å². The van der Waals surface area contributed by atoms with Crippen molar-refractivity contribution in [1.82, 2.24) is 14.9 Å². The number of halogens is 3. The molecule has 112 valence electrons. The average Bonchev–Trinajstić information content (AvgIpc) is 2.37. The van der Waals surface area contributed by atoms with E-state index in [-0.39, 0.29) is 12.5 Å². The highest BCUT2D eigenvalue weighted by Crippen LogP contribution is 2.31. The van der Waals surface area contributed by atoms with Crippen molar-refractivity contribution in [2.24, 2.45) is 0 Å². The topological polar surface area (TPSA) is 50.3 Å². The Hall–Kier alpha value is -1.57. The van der Waals surface area contributed by atoms with Crippen molar-refractivity contribution >= 4 is 5.95 Å². The summed E-state index contributed by atoms with van der Waals surface area (Å²) in [5, 5.41) is 3.05. The quantitative estimate of drug-likeness (QED) is 0.921. The Labute approximate surface area is 115 Å². The van der Waals surface area contributed by atoms with E-state index in [2.05, 4.69) is 15.3 Å².